The maximum absolute atomic E-state index is 9.00. The van der Waals surface area contributed by atoms with E-state index in [-0.39, 0.29) is 6.61 Å². The Kier molecular flexibility index (Phi) is 3.71. The van der Waals surface area contributed by atoms with Crippen molar-refractivity contribution in [3.63, 3.8) is 0 Å². The third-order valence-electron chi connectivity index (χ3n) is 2.21. The Morgan fingerprint density at radius 2 is 1.82 bits per heavy atom. The normalized spacial score (nSPS) is 10.5. The van der Waals surface area contributed by atoms with E-state index in [0.29, 0.717) is 5.16 Å². The fraction of sp³-hybridized carbons (Fsp3) is 0.250. The molecule has 0 aliphatic rings. The van der Waals surface area contributed by atoms with Crippen LogP contribution in [0.5, 0.6) is 0 Å². The summed E-state index contributed by atoms with van der Waals surface area (Å²) in [4.78, 5) is 12.7. The fourth-order valence-electron chi connectivity index (χ4n) is 1.33. The summed E-state index contributed by atoms with van der Waals surface area (Å²) >= 11 is 1.43. The van der Waals surface area contributed by atoms with Crippen LogP contribution < -0.4 is 0 Å². The Labute approximate surface area is 104 Å². The van der Waals surface area contributed by atoms with Crippen molar-refractivity contribution in [3.8, 4) is 0 Å². The molecule has 0 fully saturated rings. The van der Waals surface area contributed by atoms with Gasteiger partial charge in [0.15, 0.2) is 5.16 Å². The SMILES string of the molecule is Cc1cnc(Sc2ncc(CO)cc2C)nc1. The number of hydrogen-bond acceptors (Lipinski definition) is 5. The van der Waals surface area contributed by atoms with Crippen LogP contribution in [0.2, 0.25) is 0 Å². The molecule has 4 nitrogen and oxygen atoms in total. The van der Waals surface area contributed by atoms with Crippen molar-refractivity contribution in [1.29, 1.82) is 0 Å². The van der Waals surface area contributed by atoms with Crippen LogP contribution in [0.3, 0.4) is 0 Å². The molecule has 2 aromatic rings. The van der Waals surface area contributed by atoms with Crippen LogP contribution in [-0.2, 0) is 6.61 Å². The van der Waals surface area contributed by atoms with Crippen molar-refractivity contribution >= 4 is 11.8 Å². The molecule has 0 unspecified atom stereocenters. The van der Waals surface area contributed by atoms with E-state index in [4.69, 9.17) is 5.11 Å². The highest BCUT2D eigenvalue weighted by Gasteiger charge is 2.05. The standard InChI is InChI=1S/C12H13N3OS/c1-8-4-14-12(15-5-8)17-11-9(2)3-10(7-16)6-13-11/h3-6,16H,7H2,1-2H3. The highest BCUT2D eigenvalue weighted by molar-refractivity contribution is 7.99. The zero-order valence-electron chi connectivity index (χ0n) is 9.71. The summed E-state index contributed by atoms with van der Waals surface area (Å²) in [5.74, 6) is 0. The number of aliphatic hydroxyl groups excluding tert-OH is 1. The van der Waals surface area contributed by atoms with Gasteiger partial charge in [-0.25, -0.2) is 15.0 Å². The molecule has 2 rings (SSSR count). The van der Waals surface area contributed by atoms with E-state index in [2.05, 4.69) is 15.0 Å². The Bertz CT molecular complexity index is 514. The Hall–Kier alpha value is -1.46. The molecule has 0 saturated heterocycles. The lowest BCUT2D eigenvalue weighted by atomic mass is 10.2. The summed E-state index contributed by atoms with van der Waals surface area (Å²) in [6, 6.07) is 1.92. The molecule has 0 aliphatic heterocycles. The molecule has 0 saturated carbocycles. The number of aryl methyl sites for hydroxylation is 2. The topological polar surface area (TPSA) is 58.9 Å². The minimum absolute atomic E-state index is 0.0137. The van der Waals surface area contributed by atoms with Gasteiger partial charge in [-0.15, -0.1) is 0 Å². The summed E-state index contributed by atoms with van der Waals surface area (Å²) in [5, 5.41) is 10.6. The first kappa shape index (κ1) is 12.0. The van der Waals surface area contributed by atoms with Gasteiger partial charge in [-0.1, -0.05) is 0 Å². The Morgan fingerprint density at radius 3 is 2.41 bits per heavy atom. The molecule has 0 spiro atoms. The molecule has 88 valence electrons. The minimum Gasteiger partial charge on any atom is -0.392 e. The molecule has 0 aromatic carbocycles. The van der Waals surface area contributed by atoms with Gasteiger partial charge in [-0.05, 0) is 48.4 Å². The van der Waals surface area contributed by atoms with Crippen molar-refractivity contribution in [2.75, 3.05) is 0 Å². The van der Waals surface area contributed by atoms with Crippen molar-refractivity contribution in [1.82, 2.24) is 15.0 Å². The lowest BCUT2D eigenvalue weighted by molar-refractivity contribution is 0.281. The summed E-state index contributed by atoms with van der Waals surface area (Å²) in [6.07, 6.45) is 5.24. The van der Waals surface area contributed by atoms with Gasteiger partial charge >= 0.3 is 0 Å². The van der Waals surface area contributed by atoms with Gasteiger partial charge in [0, 0.05) is 18.6 Å². The summed E-state index contributed by atoms with van der Waals surface area (Å²) in [6.45, 7) is 3.93. The largest absolute Gasteiger partial charge is 0.392 e. The predicted octanol–water partition coefficient (Wildman–Crippen LogP) is 2.13. The van der Waals surface area contributed by atoms with Crippen LogP contribution in [0.4, 0.5) is 0 Å². The van der Waals surface area contributed by atoms with Crippen LogP contribution in [0, 0.1) is 13.8 Å². The molecule has 0 bridgehead atoms. The molecule has 2 heterocycles. The highest BCUT2D eigenvalue weighted by Crippen LogP contribution is 2.25. The number of aliphatic hydroxyl groups is 1. The summed E-state index contributed by atoms with van der Waals surface area (Å²) < 4.78 is 0. The lowest BCUT2D eigenvalue weighted by Gasteiger charge is -2.04. The van der Waals surface area contributed by atoms with Crippen molar-refractivity contribution in [3.05, 3.63) is 41.3 Å². The first-order chi connectivity index (χ1) is 8.19. The fourth-order valence-corrected chi connectivity index (χ4v) is 2.04. The van der Waals surface area contributed by atoms with E-state index in [1.807, 2.05) is 19.9 Å². The molecule has 1 N–H and O–H groups in total. The first-order valence-corrected chi connectivity index (χ1v) is 6.03. The number of pyridine rings is 1. The number of rotatable bonds is 3. The molecular formula is C12H13N3OS. The van der Waals surface area contributed by atoms with Gasteiger partial charge in [-0.2, -0.15) is 0 Å². The third kappa shape index (κ3) is 3.01. The van der Waals surface area contributed by atoms with Gasteiger partial charge < -0.3 is 5.11 Å². The highest BCUT2D eigenvalue weighted by atomic mass is 32.2. The summed E-state index contributed by atoms with van der Waals surface area (Å²) in [7, 11) is 0. The van der Waals surface area contributed by atoms with E-state index in [0.717, 1.165) is 21.7 Å². The quantitative estimate of drug-likeness (QED) is 0.842. The van der Waals surface area contributed by atoms with Gasteiger partial charge in [-0.3, -0.25) is 0 Å². The van der Waals surface area contributed by atoms with Crippen LogP contribution >= 0.6 is 11.8 Å². The second-order valence-corrected chi connectivity index (χ2v) is 4.72. The van der Waals surface area contributed by atoms with Crippen LogP contribution in [0.1, 0.15) is 16.7 Å². The van der Waals surface area contributed by atoms with Gasteiger partial charge in [0.05, 0.1) is 6.61 Å². The Morgan fingerprint density at radius 1 is 1.12 bits per heavy atom. The second kappa shape index (κ2) is 5.25. The molecular weight excluding hydrogens is 234 g/mol. The van der Waals surface area contributed by atoms with E-state index in [1.54, 1.807) is 18.6 Å². The smallest absolute Gasteiger partial charge is 0.193 e. The van der Waals surface area contributed by atoms with Crippen molar-refractivity contribution < 1.29 is 5.11 Å². The second-order valence-electron chi connectivity index (χ2n) is 3.77. The van der Waals surface area contributed by atoms with E-state index in [9.17, 15) is 0 Å². The van der Waals surface area contributed by atoms with Crippen LogP contribution in [0.15, 0.2) is 34.8 Å². The molecule has 5 heteroatoms. The van der Waals surface area contributed by atoms with Crippen molar-refractivity contribution in [2.45, 2.75) is 30.6 Å². The molecule has 0 atom stereocenters. The maximum atomic E-state index is 9.00. The molecule has 0 aliphatic carbocycles. The monoisotopic (exact) mass is 247 g/mol. The zero-order valence-corrected chi connectivity index (χ0v) is 10.5. The Balaban J connectivity index is 2.21. The first-order valence-electron chi connectivity index (χ1n) is 5.22. The number of nitrogens with zero attached hydrogens (tertiary/aromatic N) is 3. The molecule has 17 heavy (non-hydrogen) atoms. The zero-order chi connectivity index (χ0) is 12.3. The predicted molar refractivity (Wildman–Crippen MR) is 65.8 cm³/mol. The molecule has 2 aromatic heterocycles. The average Bonchev–Trinajstić information content (AvgIpc) is 2.34. The molecule has 0 amide bonds. The average molecular weight is 247 g/mol. The van der Waals surface area contributed by atoms with Gasteiger partial charge in [0.1, 0.15) is 5.03 Å². The van der Waals surface area contributed by atoms with E-state index in [1.165, 1.54) is 11.8 Å². The van der Waals surface area contributed by atoms with Gasteiger partial charge in [0.2, 0.25) is 0 Å². The van der Waals surface area contributed by atoms with Crippen LogP contribution in [-0.4, -0.2) is 20.1 Å². The van der Waals surface area contributed by atoms with E-state index < -0.39 is 0 Å². The summed E-state index contributed by atoms with van der Waals surface area (Å²) in [5.41, 5.74) is 2.87. The number of aromatic nitrogens is 3. The van der Waals surface area contributed by atoms with Crippen LogP contribution in [0.25, 0.3) is 0 Å². The van der Waals surface area contributed by atoms with Crippen molar-refractivity contribution in [2.24, 2.45) is 0 Å². The maximum Gasteiger partial charge on any atom is 0.193 e. The molecule has 0 radical (unpaired) electrons. The lowest BCUT2D eigenvalue weighted by Crippen LogP contribution is -1.93. The van der Waals surface area contributed by atoms with E-state index >= 15 is 0 Å². The van der Waals surface area contributed by atoms with Gasteiger partial charge in [0.25, 0.3) is 0 Å². The third-order valence-corrected chi connectivity index (χ3v) is 3.23. The minimum atomic E-state index is 0.0137. The number of hydrogen-bond donors (Lipinski definition) is 1.